The maximum atomic E-state index is 11.9. The molecule has 0 bridgehead atoms. The van der Waals surface area contributed by atoms with Gasteiger partial charge in [0.05, 0.1) is 6.42 Å². The smallest absolute Gasteiger partial charge is 0.306 e. The lowest BCUT2D eigenvalue weighted by Gasteiger charge is -2.18. The molecule has 142 valence electrons. The standard InChI is InChI=1S/C22H25NO4/c1-17(24)12-13-22(26)27-16-21(25)23-15-14-20(18-8-4-2-5-9-18)19-10-6-3-7-11-19/h2-11,20H,12-16H2,1H3,(H,23,25). The molecule has 1 N–H and O–H groups in total. The van der Waals surface area contributed by atoms with Gasteiger partial charge in [-0.05, 0) is 24.5 Å². The lowest BCUT2D eigenvalue weighted by atomic mass is 9.88. The fourth-order valence-electron chi connectivity index (χ4n) is 2.80. The summed E-state index contributed by atoms with van der Waals surface area (Å²) >= 11 is 0. The van der Waals surface area contributed by atoms with Gasteiger partial charge in [-0.1, -0.05) is 60.7 Å². The SMILES string of the molecule is CC(=O)CCC(=O)OCC(=O)NCCC(c1ccccc1)c1ccccc1. The van der Waals surface area contributed by atoms with Crippen molar-refractivity contribution >= 4 is 17.7 Å². The van der Waals surface area contributed by atoms with E-state index in [1.807, 2.05) is 36.4 Å². The number of carbonyl (C=O) groups is 3. The van der Waals surface area contributed by atoms with Gasteiger partial charge in [0.1, 0.15) is 5.78 Å². The fourth-order valence-corrected chi connectivity index (χ4v) is 2.80. The molecule has 0 saturated heterocycles. The van der Waals surface area contributed by atoms with Crippen molar-refractivity contribution in [1.29, 1.82) is 0 Å². The minimum atomic E-state index is -0.535. The van der Waals surface area contributed by atoms with Crippen LogP contribution in [0.3, 0.4) is 0 Å². The van der Waals surface area contributed by atoms with Gasteiger partial charge in [-0.15, -0.1) is 0 Å². The van der Waals surface area contributed by atoms with Gasteiger partial charge in [0.2, 0.25) is 0 Å². The van der Waals surface area contributed by atoms with Gasteiger partial charge < -0.3 is 14.8 Å². The largest absolute Gasteiger partial charge is 0.456 e. The molecule has 0 unspecified atom stereocenters. The number of carbonyl (C=O) groups excluding carboxylic acids is 3. The van der Waals surface area contributed by atoms with Gasteiger partial charge in [0, 0.05) is 18.9 Å². The second kappa shape index (κ2) is 10.9. The molecule has 27 heavy (non-hydrogen) atoms. The number of hydrogen-bond acceptors (Lipinski definition) is 4. The molecule has 0 spiro atoms. The topological polar surface area (TPSA) is 72.5 Å². The van der Waals surface area contributed by atoms with Crippen molar-refractivity contribution < 1.29 is 19.1 Å². The first-order valence-corrected chi connectivity index (χ1v) is 9.08. The van der Waals surface area contributed by atoms with E-state index in [9.17, 15) is 14.4 Å². The van der Waals surface area contributed by atoms with Crippen LogP contribution in [-0.2, 0) is 19.1 Å². The van der Waals surface area contributed by atoms with E-state index in [1.54, 1.807) is 0 Å². The summed E-state index contributed by atoms with van der Waals surface area (Å²) in [6.07, 6.45) is 0.876. The first kappa shape index (κ1) is 20.4. The quantitative estimate of drug-likeness (QED) is 0.655. The Bertz CT molecular complexity index is 704. The number of Topliss-reactive ketones (excluding diaryl/α,β-unsaturated/α-hetero) is 1. The lowest BCUT2D eigenvalue weighted by molar-refractivity contribution is -0.149. The lowest BCUT2D eigenvalue weighted by Crippen LogP contribution is -2.30. The molecule has 0 aliphatic heterocycles. The van der Waals surface area contributed by atoms with E-state index in [-0.39, 0.29) is 37.1 Å². The zero-order valence-corrected chi connectivity index (χ0v) is 15.5. The second-order valence-electron chi connectivity index (χ2n) is 6.38. The van der Waals surface area contributed by atoms with Gasteiger partial charge >= 0.3 is 5.97 Å². The summed E-state index contributed by atoms with van der Waals surface area (Å²) in [6.45, 7) is 1.56. The van der Waals surface area contributed by atoms with Crippen LogP contribution in [0.4, 0.5) is 0 Å². The van der Waals surface area contributed by atoms with Crippen LogP contribution in [0.2, 0.25) is 0 Å². The molecular weight excluding hydrogens is 342 g/mol. The first-order chi connectivity index (χ1) is 13.1. The number of ether oxygens (including phenoxy) is 1. The molecule has 0 aliphatic carbocycles. The molecule has 0 aromatic heterocycles. The van der Waals surface area contributed by atoms with Crippen LogP contribution in [0, 0.1) is 0 Å². The van der Waals surface area contributed by atoms with Gasteiger partial charge in [0.25, 0.3) is 5.91 Å². The Hall–Kier alpha value is -2.95. The number of benzene rings is 2. The van der Waals surface area contributed by atoms with Crippen molar-refractivity contribution in [3.8, 4) is 0 Å². The third-order valence-corrected chi connectivity index (χ3v) is 4.20. The minimum absolute atomic E-state index is 0.00665. The summed E-state index contributed by atoms with van der Waals surface area (Å²) < 4.78 is 4.88. The predicted molar refractivity (Wildman–Crippen MR) is 103 cm³/mol. The average molecular weight is 367 g/mol. The van der Waals surface area contributed by atoms with E-state index in [2.05, 4.69) is 29.6 Å². The zero-order chi connectivity index (χ0) is 19.5. The highest BCUT2D eigenvalue weighted by atomic mass is 16.5. The summed E-state index contributed by atoms with van der Waals surface area (Å²) in [6, 6.07) is 20.3. The maximum Gasteiger partial charge on any atom is 0.306 e. The molecule has 2 aromatic carbocycles. The van der Waals surface area contributed by atoms with Gasteiger partial charge in [-0.3, -0.25) is 9.59 Å². The van der Waals surface area contributed by atoms with Gasteiger partial charge in [-0.2, -0.15) is 0 Å². The molecule has 0 atom stereocenters. The second-order valence-corrected chi connectivity index (χ2v) is 6.38. The van der Waals surface area contributed by atoms with E-state index in [0.717, 1.165) is 6.42 Å². The van der Waals surface area contributed by atoms with Crippen molar-refractivity contribution in [3.05, 3.63) is 71.8 Å². The Kier molecular flexibility index (Phi) is 8.23. The Balaban J connectivity index is 1.82. The van der Waals surface area contributed by atoms with E-state index < -0.39 is 5.97 Å². The van der Waals surface area contributed by atoms with E-state index in [4.69, 9.17) is 4.74 Å². The number of amides is 1. The highest BCUT2D eigenvalue weighted by Gasteiger charge is 2.14. The highest BCUT2D eigenvalue weighted by Crippen LogP contribution is 2.27. The van der Waals surface area contributed by atoms with Crippen LogP contribution in [0.25, 0.3) is 0 Å². The summed E-state index contributed by atoms with van der Waals surface area (Å²) in [7, 11) is 0. The van der Waals surface area contributed by atoms with Crippen molar-refractivity contribution in [1.82, 2.24) is 5.32 Å². The van der Waals surface area contributed by atoms with Crippen LogP contribution in [0.15, 0.2) is 60.7 Å². The van der Waals surface area contributed by atoms with E-state index in [0.29, 0.717) is 6.54 Å². The molecule has 0 aliphatic rings. The third-order valence-electron chi connectivity index (χ3n) is 4.20. The summed E-state index contributed by atoms with van der Waals surface area (Å²) in [5, 5.41) is 2.79. The Labute approximate surface area is 159 Å². The van der Waals surface area contributed by atoms with Crippen LogP contribution in [0.1, 0.15) is 43.2 Å². The molecule has 5 heteroatoms. The fraction of sp³-hybridized carbons (Fsp3) is 0.318. The van der Waals surface area contributed by atoms with Crippen molar-refractivity contribution in [2.75, 3.05) is 13.2 Å². The predicted octanol–water partition coefficient (Wildman–Crippen LogP) is 3.24. The summed E-state index contributed by atoms with van der Waals surface area (Å²) in [5.74, 6) is -0.784. The molecule has 0 fully saturated rings. The monoisotopic (exact) mass is 367 g/mol. The van der Waals surface area contributed by atoms with Crippen LogP contribution >= 0.6 is 0 Å². The number of rotatable bonds is 10. The Morgan fingerprint density at radius 2 is 1.44 bits per heavy atom. The van der Waals surface area contributed by atoms with Gasteiger partial charge in [-0.25, -0.2) is 0 Å². The average Bonchev–Trinajstić information content (AvgIpc) is 2.69. The molecule has 0 saturated carbocycles. The molecule has 0 radical (unpaired) electrons. The normalized spacial score (nSPS) is 10.4. The van der Waals surface area contributed by atoms with Gasteiger partial charge in [0.15, 0.2) is 6.61 Å². The third kappa shape index (κ3) is 7.44. The Morgan fingerprint density at radius 1 is 0.889 bits per heavy atom. The number of ketones is 1. The first-order valence-electron chi connectivity index (χ1n) is 9.08. The molecular formula is C22H25NO4. The molecule has 5 nitrogen and oxygen atoms in total. The van der Waals surface area contributed by atoms with E-state index in [1.165, 1.54) is 18.1 Å². The minimum Gasteiger partial charge on any atom is -0.456 e. The zero-order valence-electron chi connectivity index (χ0n) is 15.5. The number of hydrogen-bond donors (Lipinski definition) is 1. The van der Waals surface area contributed by atoms with Crippen molar-refractivity contribution in [2.45, 2.75) is 32.1 Å². The highest BCUT2D eigenvalue weighted by molar-refractivity contribution is 5.83. The Morgan fingerprint density at radius 3 is 1.96 bits per heavy atom. The number of esters is 1. The van der Waals surface area contributed by atoms with Crippen LogP contribution in [-0.4, -0.2) is 30.8 Å². The summed E-state index contributed by atoms with van der Waals surface area (Å²) in [4.78, 5) is 34.2. The summed E-state index contributed by atoms with van der Waals surface area (Å²) in [5.41, 5.74) is 2.38. The molecule has 2 aromatic rings. The molecule has 1 amide bonds. The van der Waals surface area contributed by atoms with E-state index >= 15 is 0 Å². The number of nitrogens with one attached hydrogen (secondary N) is 1. The van der Waals surface area contributed by atoms with Crippen LogP contribution < -0.4 is 5.32 Å². The molecule has 0 heterocycles. The molecule has 2 rings (SSSR count). The van der Waals surface area contributed by atoms with Crippen LogP contribution in [0.5, 0.6) is 0 Å². The van der Waals surface area contributed by atoms with Crippen molar-refractivity contribution in [3.63, 3.8) is 0 Å². The maximum absolute atomic E-state index is 11.9. The van der Waals surface area contributed by atoms with Crippen molar-refractivity contribution in [2.24, 2.45) is 0 Å².